The van der Waals surface area contributed by atoms with Gasteiger partial charge < -0.3 is 9.13 Å². The van der Waals surface area contributed by atoms with Crippen molar-refractivity contribution in [3.05, 3.63) is 169 Å². The van der Waals surface area contributed by atoms with Crippen LogP contribution in [0.25, 0.3) is 87.7 Å². The second-order valence-corrected chi connectivity index (χ2v) is 12.5. The van der Waals surface area contributed by atoms with Crippen LogP contribution >= 0.6 is 0 Å². The quantitative estimate of drug-likeness (QED) is 0.183. The van der Waals surface area contributed by atoms with Crippen LogP contribution in [0.15, 0.2) is 164 Å². The molecule has 0 amide bonds. The van der Waals surface area contributed by atoms with Gasteiger partial charge >= 0.3 is 0 Å². The molecule has 2 aromatic heterocycles. The third kappa shape index (κ3) is 3.75. The van der Waals surface area contributed by atoms with Crippen molar-refractivity contribution in [1.82, 2.24) is 9.13 Å². The summed E-state index contributed by atoms with van der Waals surface area (Å²) in [6.07, 6.45) is 0. The van der Waals surface area contributed by atoms with Gasteiger partial charge in [-0.1, -0.05) is 109 Å². The SMILES string of the molecule is N#Cc1cc2ccc(-n3c4ccccc4c4cc(-c5cccc6c7ccccc7n(-c7ccccc7)c56)ccc43)cc2c2ccccc12. The molecular formula is C45H27N3. The highest BCUT2D eigenvalue weighted by molar-refractivity contribution is 6.16. The van der Waals surface area contributed by atoms with Gasteiger partial charge in [-0.25, -0.2) is 0 Å². The summed E-state index contributed by atoms with van der Waals surface area (Å²) >= 11 is 0. The number of hydrogen-bond acceptors (Lipinski definition) is 1. The lowest BCUT2D eigenvalue weighted by Gasteiger charge is -2.13. The molecule has 0 fully saturated rings. The molecule has 0 saturated carbocycles. The Bertz CT molecular complexity index is 2950. The van der Waals surface area contributed by atoms with E-state index in [0.717, 1.165) is 38.4 Å². The highest BCUT2D eigenvalue weighted by Gasteiger charge is 2.19. The van der Waals surface area contributed by atoms with Crippen LogP contribution in [0.3, 0.4) is 0 Å². The van der Waals surface area contributed by atoms with E-state index in [1.807, 2.05) is 18.2 Å². The zero-order valence-electron chi connectivity index (χ0n) is 25.9. The van der Waals surface area contributed by atoms with Gasteiger partial charge in [-0.3, -0.25) is 0 Å². The molecule has 0 spiro atoms. The molecule has 0 aliphatic carbocycles. The van der Waals surface area contributed by atoms with Gasteiger partial charge in [0.25, 0.3) is 0 Å². The minimum Gasteiger partial charge on any atom is -0.309 e. The number of nitriles is 1. The maximum atomic E-state index is 9.85. The second kappa shape index (κ2) is 10.2. The van der Waals surface area contributed by atoms with E-state index in [2.05, 4.69) is 161 Å². The summed E-state index contributed by atoms with van der Waals surface area (Å²) in [5.74, 6) is 0. The van der Waals surface area contributed by atoms with Gasteiger partial charge in [-0.05, 0) is 76.3 Å². The van der Waals surface area contributed by atoms with Crippen LogP contribution in [0.1, 0.15) is 5.56 Å². The number of nitrogens with zero attached hydrogens (tertiary/aromatic N) is 3. The molecule has 0 bridgehead atoms. The number of aromatic nitrogens is 2. The van der Waals surface area contributed by atoms with Crippen molar-refractivity contribution in [2.45, 2.75) is 0 Å². The summed E-state index contributed by atoms with van der Waals surface area (Å²) < 4.78 is 4.78. The van der Waals surface area contributed by atoms with Crippen molar-refractivity contribution >= 4 is 65.2 Å². The molecule has 0 aliphatic rings. The minimum absolute atomic E-state index is 0.705. The van der Waals surface area contributed by atoms with Gasteiger partial charge in [0.15, 0.2) is 0 Å². The maximum Gasteiger partial charge on any atom is 0.0998 e. The van der Waals surface area contributed by atoms with E-state index >= 15 is 0 Å². The van der Waals surface area contributed by atoms with Crippen molar-refractivity contribution in [3.63, 3.8) is 0 Å². The van der Waals surface area contributed by atoms with Crippen LogP contribution in [0.2, 0.25) is 0 Å². The van der Waals surface area contributed by atoms with Crippen molar-refractivity contribution in [2.75, 3.05) is 0 Å². The molecule has 0 N–H and O–H groups in total. The summed E-state index contributed by atoms with van der Waals surface area (Å²) in [6.45, 7) is 0. The molecule has 0 unspecified atom stereocenters. The molecule has 0 atom stereocenters. The lowest BCUT2D eigenvalue weighted by Crippen LogP contribution is -1.95. The summed E-state index contributed by atoms with van der Waals surface area (Å²) in [5.41, 5.74) is 10.1. The number of rotatable bonds is 3. The smallest absolute Gasteiger partial charge is 0.0998 e. The average Bonchev–Trinajstić information content (AvgIpc) is 3.67. The fraction of sp³-hybridized carbons (Fsp3) is 0. The molecule has 10 rings (SSSR count). The average molecular weight is 610 g/mol. The molecule has 8 aromatic carbocycles. The standard InChI is InChI=1S/C45H27N3/c46-28-31-25-29-21-23-33(27-40(29)36-14-5-4-13-34(31)36)47-42-19-8-7-16-38(42)41-26-30(22-24-44(41)47)35-17-10-18-39-37-15-6-9-20-43(37)48(45(35)39)32-11-2-1-3-12-32/h1-27H. The van der Waals surface area contributed by atoms with Crippen LogP contribution in [0.4, 0.5) is 0 Å². The Labute approximate surface area is 276 Å². The first-order valence-electron chi connectivity index (χ1n) is 16.3. The Kier molecular flexibility index (Phi) is 5.64. The molecule has 3 nitrogen and oxygen atoms in total. The predicted octanol–water partition coefficient (Wildman–Crippen LogP) is 11.7. The first-order valence-corrected chi connectivity index (χ1v) is 16.3. The van der Waals surface area contributed by atoms with Gasteiger partial charge in [-0.15, -0.1) is 0 Å². The van der Waals surface area contributed by atoms with Crippen LogP contribution in [-0.2, 0) is 0 Å². The van der Waals surface area contributed by atoms with E-state index in [1.165, 1.54) is 49.2 Å². The first kappa shape index (κ1) is 26.6. The highest BCUT2D eigenvalue weighted by atomic mass is 15.0. The Balaban J connectivity index is 1.24. The minimum atomic E-state index is 0.705. The largest absolute Gasteiger partial charge is 0.309 e. The first-order chi connectivity index (χ1) is 23.8. The summed E-state index contributed by atoms with van der Waals surface area (Å²) in [4.78, 5) is 0. The van der Waals surface area contributed by atoms with E-state index < -0.39 is 0 Å². The molecule has 2 heterocycles. The van der Waals surface area contributed by atoms with E-state index in [-0.39, 0.29) is 0 Å². The monoisotopic (exact) mass is 609 g/mol. The Morgan fingerprint density at radius 3 is 1.83 bits per heavy atom. The van der Waals surface area contributed by atoms with Gasteiger partial charge in [0, 0.05) is 43.9 Å². The number of hydrogen-bond donors (Lipinski definition) is 0. The zero-order chi connectivity index (χ0) is 31.8. The fourth-order valence-corrected chi connectivity index (χ4v) is 7.84. The maximum absolute atomic E-state index is 9.85. The van der Waals surface area contributed by atoms with Crippen LogP contribution < -0.4 is 0 Å². The molecular weight excluding hydrogens is 583 g/mol. The Morgan fingerprint density at radius 2 is 1.04 bits per heavy atom. The third-order valence-corrected chi connectivity index (χ3v) is 9.92. The zero-order valence-corrected chi connectivity index (χ0v) is 25.9. The van der Waals surface area contributed by atoms with Crippen LogP contribution in [-0.4, -0.2) is 9.13 Å². The molecule has 222 valence electrons. The number of para-hydroxylation sites is 4. The fourth-order valence-electron chi connectivity index (χ4n) is 7.84. The molecule has 0 saturated heterocycles. The van der Waals surface area contributed by atoms with E-state index in [4.69, 9.17) is 0 Å². The van der Waals surface area contributed by atoms with Crippen molar-refractivity contribution < 1.29 is 0 Å². The highest BCUT2D eigenvalue weighted by Crippen LogP contribution is 2.41. The Morgan fingerprint density at radius 1 is 0.396 bits per heavy atom. The topological polar surface area (TPSA) is 33.6 Å². The van der Waals surface area contributed by atoms with E-state index in [1.54, 1.807) is 0 Å². The van der Waals surface area contributed by atoms with Crippen molar-refractivity contribution in [2.24, 2.45) is 0 Å². The molecule has 48 heavy (non-hydrogen) atoms. The van der Waals surface area contributed by atoms with Crippen LogP contribution in [0, 0.1) is 11.3 Å². The Hall–Kier alpha value is -6.63. The lowest BCUT2D eigenvalue weighted by molar-refractivity contribution is 1.18. The molecule has 3 heteroatoms. The second-order valence-electron chi connectivity index (χ2n) is 12.5. The van der Waals surface area contributed by atoms with E-state index in [0.29, 0.717) is 5.56 Å². The number of benzene rings is 8. The van der Waals surface area contributed by atoms with Crippen molar-refractivity contribution in [3.8, 4) is 28.6 Å². The molecule has 10 aromatic rings. The van der Waals surface area contributed by atoms with Crippen LogP contribution in [0.5, 0.6) is 0 Å². The van der Waals surface area contributed by atoms with Gasteiger partial charge in [-0.2, -0.15) is 5.26 Å². The summed E-state index contributed by atoms with van der Waals surface area (Å²) in [6, 6.07) is 60.9. The normalized spacial score (nSPS) is 11.7. The molecule has 0 aliphatic heterocycles. The third-order valence-electron chi connectivity index (χ3n) is 9.92. The molecule has 0 radical (unpaired) electrons. The van der Waals surface area contributed by atoms with E-state index in [9.17, 15) is 5.26 Å². The number of fused-ring (bicyclic) bond motifs is 9. The summed E-state index contributed by atoms with van der Waals surface area (Å²) in [5, 5.41) is 19.1. The van der Waals surface area contributed by atoms with Gasteiger partial charge in [0.2, 0.25) is 0 Å². The van der Waals surface area contributed by atoms with Crippen molar-refractivity contribution in [1.29, 1.82) is 5.26 Å². The van der Waals surface area contributed by atoms with Gasteiger partial charge in [0.1, 0.15) is 0 Å². The summed E-state index contributed by atoms with van der Waals surface area (Å²) in [7, 11) is 0. The predicted molar refractivity (Wildman–Crippen MR) is 200 cm³/mol. The lowest BCUT2D eigenvalue weighted by atomic mass is 9.97. The van der Waals surface area contributed by atoms with Gasteiger partial charge in [0.05, 0.1) is 33.7 Å².